The van der Waals surface area contributed by atoms with E-state index in [0.29, 0.717) is 61.2 Å². The topological polar surface area (TPSA) is 266 Å². The Balaban J connectivity index is 0.000000101. The van der Waals surface area contributed by atoms with Gasteiger partial charge in [-0.05, 0) is 236 Å². The van der Waals surface area contributed by atoms with Gasteiger partial charge in [0.15, 0.2) is 23.0 Å². The number of aromatic amines is 2. The number of fused-ring (bicyclic) bond motifs is 15. The van der Waals surface area contributed by atoms with E-state index in [4.69, 9.17) is 107 Å². The number of halogens is 9. The van der Waals surface area contributed by atoms with Gasteiger partial charge < -0.3 is 74.6 Å². The van der Waals surface area contributed by atoms with Gasteiger partial charge in [0.1, 0.15) is 39.1 Å². The van der Waals surface area contributed by atoms with Crippen LogP contribution in [0, 0.1) is 13.8 Å². The van der Waals surface area contributed by atoms with Crippen LogP contribution in [0.2, 0.25) is 26.0 Å². The van der Waals surface area contributed by atoms with Crippen LogP contribution in [0.4, 0.5) is 13.2 Å². The molecule has 10 aromatic heterocycles. The van der Waals surface area contributed by atoms with Gasteiger partial charge in [-0.25, -0.2) is 4.98 Å². The Bertz CT molecular complexity index is 7320. The quantitative estimate of drug-likeness (QED) is 0.0718. The SMILES string of the molecule is CC1CC2(CC(C3=NC=C(C(F)(F)F)C3)N1)OCCc1cc(Cl)sc12.CC1CC2(CC(c3[nH]nc4ccccc34)N1)OCCc1cc(Cl)sc12.CC1CC2(CC(c3cccc4cn[nH]c34)N1)OCCc1cc(Cl)sc12.COc1cccc(C2CC3(CC(C)N2)OCCc2cc(Cl)sc23)c1O.Cc1cccnc1C1CC2(CC(C)N1)OCCc1cc(Cl)sc12.Cc1nc2c(C3CC4(CC(C)N3)OCCc3cc(Cl)sc34)cccc2o1. The number of oxazole rings is 1. The van der Waals surface area contributed by atoms with Crippen molar-refractivity contribution in [2.24, 2.45) is 4.99 Å². The van der Waals surface area contributed by atoms with Crippen molar-refractivity contribution in [3.05, 3.63) is 280 Å². The van der Waals surface area contributed by atoms with Gasteiger partial charge in [-0.1, -0.05) is 136 Å². The van der Waals surface area contributed by atoms with E-state index in [1.165, 1.54) is 91.2 Å². The van der Waals surface area contributed by atoms with Gasteiger partial charge in [-0.3, -0.25) is 20.2 Å². The van der Waals surface area contributed by atoms with Gasteiger partial charge in [0.2, 0.25) is 0 Å². The van der Waals surface area contributed by atoms with E-state index < -0.39 is 17.4 Å². The molecular formula is C112H122Cl6F3N13O9S6. The summed E-state index contributed by atoms with van der Waals surface area (Å²) in [5, 5.41) is 50.0. The number of phenols is 1. The Morgan fingerprint density at radius 3 is 1.27 bits per heavy atom. The van der Waals surface area contributed by atoms with Crippen LogP contribution in [0.25, 0.3) is 32.9 Å². The van der Waals surface area contributed by atoms with Crippen molar-refractivity contribution in [3.63, 3.8) is 0 Å². The van der Waals surface area contributed by atoms with Crippen molar-refractivity contribution < 1.29 is 55.9 Å². The second-order valence-corrected chi connectivity index (χ2v) is 52.6. The number of aliphatic imine (C=N–C) groups is 1. The highest BCUT2D eigenvalue weighted by molar-refractivity contribution is 7.18. The molecular weight excluding hydrogens is 2130 g/mol. The van der Waals surface area contributed by atoms with Crippen LogP contribution in [0.1, 0.15) is 257 Å². The van der Waals surface area contributed by atoms with Gasteiger partial charge in [0.25, 0.3) is 0 Å². The molecule has 6 saturated heterocycles. The number of alkyl halides is 3. The maximum Gasteiger partial charge on any atom is 0.414 e. The lowest BCUT2D eigenvalue weighted by atomic mass is 9.78. The first kappa shape index (κ1) is 106. The molecule has 9 N–H and O–H groups in total. The molecule has 14 aromatic rings. The van der Waals surface area contributed by atoms with Crippen molar-refractivity contribution in [3.8, 4) is 11.5 Å². The van der Waals surface area contributed by atoms with E-state index in [1.54, 1.807) is 69.9 Å². The highest BCUT2D eigenvalue weighted by atomic mass is 35.5. The van der Waals surface area contributed by atoms with Gasteiger partial charge in [0, 0.05) is 176 Å². The molecule has 0 saturated carbocycles. The minimum Gasteiger partial charge on any atom is -0.504 e. The maximum atomic E-state index is 12.9. The summed E-state index contributed by atoms with van der Waals surface area (Å²) in [7, 11) is 1.57. The van der Waals surface area contributed by atoms with Crippen molar-refractivity contribution in [1.29, 1.82) is 0 Å². The fourth-order valence-corrected chi connectivity index (χ4v) is 34.9. The lowest BCUT2D eigenvalue weighted by molar-refractivity contribution is -0.0960. The zero-order chi connectivity index (χ0) is 103. The number of nitrogens with zero attached hydrogens (tertiary/aromatic N) is 5. The normalized spacial score (nSPS) is 29.8. The summed E-state index contributed by atoms with van der Waals surface area (Å²) < 4.78 is 93.1. The van der Waals surface area contributed by atoms with Crippen molar-refractivity contribution in [2.45, 2.75) is 290 Å². The highest BCUT2D eigenvalue weighted by Gasteiger charge is 2.55. The van der Waals surface area contributed by atoms with Gasteiger partial charge in [-0.2, -0.15) is 23.4 Å². The van der Waals surface area contributed by atoms with E-state index in [0.717, 1.165) is 217 Å². The third kappa shape index (κ3) is 21.5. The van der Waals surface area contributed by atoms with Crippen molar-refractivity contribution in [1.82, 2.24) is 62.3 Å². The molecule has 0 aliphatic carbocycles. The van der Waals surface area contributed by atoms with Crippen LogP contribution in [-0.4, -0.2) is 136 Å². The van der Waals surface area contributed by atoms with E-state index in [-0.39, 0.29) is 88.5 Å². The van der Waals surface area contributed by atoms with E-state index in [1.807, 2.05) is 74.8 Å². The third-order valence-corrected chi connectivity index (χ3v) is 40.7. The molecule has 0 radical (unpaired) electrons. The Morgan fingerprint density at radius 2 is 0.819 bits per heavy atom. The Kier molecular flexibility index (Phi) is 30.8. The molecule has 22 nitrogen and oxygen atoms in total. The average molecular weight is 2260 g/mol. The first-order chi connectivity index (χ1) is 71.7. The smallest absolute Gasteiger partial charge is 0.414 e. The lowest BCUT2D eigenvalue weighted by Crippen LogP contribution is -2.55. The predicted molar refractivity (Wildman–Crippen MR) is 593 cm³/mol. The van der Waals surface area contributed by atoms with Crippen LogP contribution in [0.3, 0.4) is 0 Å². The first-order valence-electron chi connectivity index (χ1n) is 51.6. The summed E-state index contributed by atoms with van der Waals surface area (Å²) in [6.45, 7) is 21.6. The summed E-state index contributed by atoms with van der Waals surface area (Å²) in [6.07, 6.45) is 16.4. The molecule has 0 bridgehead atoms. The Hall–Kier alpha value is -7.30. The molecule has 4 aromatic carbocycles. The number of piperidine rings is 6. The lowest BCUT2D eigenvalue weighted by Gasteiger charge is -2.46. The molecule has 788 valence electrons. The monoisotopic (exact) mass is 2250 g/mol. The number of methoxy groups -OCH3 is 1. The van der Waals surface area contributed by atoms with Gasteiger partial charge >= 0.3 is 6.18 Å². The van der Waals surface area contributed by atoms with Crippen LogP contribution in [0.5, 0.6) is 11.5 Å². The number of phenolic OH excluding ortho intramolecular Hbond substituents is 1. The zero-order valence-electron chi connectivity index (χ0n) is 84.3. The summed E-state index contributed by atoms with van der Waals surface area (Å²) in [5.41, 5.74) is 16.9. The largest absolute Gasteiger partial charge is 0.504 e. The zero-order valence-corrected chi connectivity index (χ0v) is 93.7. The molecule has 6 spiro atoms. The molecule has 37 heteroatoms. The number of aromatic nitrogens is 6. The number of aromatic hydroxyl groups is 1. The standard InChI is InChI=1S/C20H21ClN2O2S.2C19H20ClN3OS.C19H22ClNO3S.C18H21ClN2OS.C17H18ClF3N2OS/c1-11-9-20(19-13(6-7-24-20)8-17(21)26-19)10-15(22-11)14-4-3-5-16-18(14)23-12(2)25-16;1-11-8-19(18-12(5-6-24-19)7-16(20)25-18)9-15(22-11)14-4-2-3-13-10-21-23-17(13)14;1-11-9-19(18-12(6-7-24-19)8-16(20)25-18)10-15(21-11)17-13-4-2-3-5-14(13)22-23-17;1-11-9-19(18-12(6-7-24-19)8-16(20)25-18)10-14(21-11)13-4-3-5-15(23-2)17(13)22;1-11-4-3-6-20-16(11)14-10-18(9-12(2)21-14)17-13(5-7-22-18)8-15(19)23-17;1-9-6-16(15-10(2-3-24-16)4-14(18)25-15)7-13(23-9)12-5-11(8-22-12)17(19,20)21/h3-5,8,11,15,22H,6-7,9-10H2,1-2H3;2-4,7,10-11,15,22H,5-6,8-9H2,1H3,(H,21,23);2-5,8,11,15,21H,6-7,9-10H2,1H3,(H,22,23);3-5,8,11,14,21-22H,6-7,9-10H2,1-2H3;3-4,6,8,12,14,21H,5,7,9-10H2,1-2H3;4,8-9,13,23H,2-3,5-7H2,1H3. The number of benzene rings is 4. The predicted octanol–water partition coefficient (Wildman–Crippen LogP) is 27.6. The molecule has 13 aliphatic rings. The van der Waals surface area contributed by atoms with E-state index in [2.05, 4.69) is 182 Å². The molecule has 18 unspecified atom stereocenters. The van der Waals surface area contributed by atoms with E-state index in [9.17, 15) is 18.3 Å². The van der Waals surface area contributed by atoms with Crippen molar-refractivity contribution >= 4 is 176 Å². The van der Waals surface area contributed by atoms with Crippen LogP contribution >= 0.6 is 138 Å². The van der Waals surface area contributed by atoms with E-state index >= 15 is 0 Å². The third-order valence-electron chi connectivity index (χ3n) is 31.8. The summed E-state index contributed by atoms with van der Waals surface area (Å²) >= 11 is 47.8. The number of H-pyrrole nitrogens is 2. The summed E-state index contributed by atoms with van der Waals surface area (Å²) in [5.74, 6) is 1.40. The van der Waals surface area contributed by atoms with Gasteiger partial charge in [-0.15, -0.1) is 68.0 Å². The maximum absolute atomic E-state index is 12.9. The van der Waals surface area contributed by atoms with Gasteiger partial charge in [0.05, 0.1) is 119 Å². The number of pyridine rings is 1. The fraction of sp³-hybridized carbons (Fsp3) is 0.473. The highest BCUT2D eigenvalue weighted by Crippen LogP contribution is 2.59. The van der Waals surface area contributed by atoms with Crippen LogP contribution in [-0.2, 0) is 101 Å². The molecule has 0 amide bonds. The summed E-state index contributed by atoms with van der Waals surface area (Å²) in [6, 6.07) is 45.5. The Morgan fingerprint density at radius 1 is 0.430 bits per heavy atom. The molecule has 6 fully saturated rings. The van der Waals surface area contributed by atoms with Crippen molar-refractivity contribution in [2.75, 3.05) is 46.8 Å². The minimum absolute atomic E-state index is 0.00863. The number of allylic oxidation sites excluding steroid dienone is 1. The number of hydrogen-bond acceptors (Lipinski definition) is 26. The number of ether oxygens (including phenoxy) is 7. The number of nitrogens with one attached hydrogen (secondary N) is 8. The second kappa shape index (κ2) is 43.3. The average Bonchev–Trinajstić information content (AvgIpc) is 1.66. The Labute approximate surface area is 919 Å². The molecule has 27 rings (SSSR count). The molecule has 23 heterocycles. The van der Waals surface area contributed by atoms with Crippen LogP contribution in [0.15, 0.2) is 161 Å². The molecule has 13 aliphatic heterocycles. The number of hydrogen-bond donors (Lipinski definition) is 9. The fourth-order valence-electron chi connectivity index (χ4n) is 26.1. The molecule has 18 atom stereocenters. The number of thiophene rings is 6. The first-order valence-corrected chi connectivity index (χ1v) is 58.8. The summed E-state index contributed by atoms with van der Waals surface area (Å²) in [4.78, 5) is 21.0. The number of para-hydroxylation sites is 4. The number of rotatable bonds is 7. The molecule has 149 heavy (non-hydrogen) atoms. The minimum atomic E-state index is -4.32. The number of aryl methyl sites for hydroxylation is 2. The van der Waals surface area contributed by atoms with Crippen LogP contribution < -0.4 is 36.6 Å². The second-order valence-electron chi connectivity index (χ2n) is 42.5.